The number of carbonyl (C=O) groups excluding carboxylic acids is 2. The molecule has 0 unspecified atom stereocenters. The molecule has 11 heteroatoms. The number of sulfonamides is 1. The van der Waals surface area contributed by atoms with Gasteiger partial charge in [-0.05, 0) is 54.8 Å². The monoisotopic (exact) mass is 599 g/mol. The maximum atomic E-state index is 14.1. The topological polar surface area (TPSA) is 105 Å². The lowest BCUT2D eigenvalue weighted by atomic mass is 10.1. The molecule has 0 spiro atoms. The van der Waals surface area contributed by atoms with E-state index in [-0.39, 0.29) is 35.2 Å². The number of hydrogen-bond acceptors (Lipinski definition) is 6. The summed E-state index contributed by atoms with van der Waals surface area (Å²) in [5.74, 6) is -0.719. The average Bonchev–Trinajstić information content (AvgIpc) is 3.00. The van der Waals surface area contributed by atoms with Gasteiger partial charge in [0.15, 0.2) is 11.5 Å². The molecule has 1 N–H and O–H groups in total. The van der Waals surface area contributed by atoms with Crippen molar-refractivity contribution < 1.29 is 31.9 Å². The molecule has 0 aliphatic heterocycles. The second-order valence-corrected chi connectivity index (χ2v) is 11.4. The summed E-state index contributed by atoms with van der Waals surface area (Å²) in [7, 11) is -1.35. The molecule has 0 aliphatic rings. The lowest BCUT2D eigenvalue weighted by molar-refractivity contribution is -0.140. The first kappa shape index (κ1) is 32.4. The highest BCUT2D eigenvalue weighted by Crippen LogP contribution is 2.34. The minimum Gasteiger partial charge on any atom is -0.493 e. The molecule has 0 aromatic heterocycles. The van der Waals surface area contributed by atoms with Crippen molar-refractivity contribution in [3.05, 3.63) is 84.2 Å². The molecule has 3 aromatic carbocycles. The summed E-state index contributed by atoms with van der Waals surface area (Å²) in [6, 6.07) is 17.1. The van der Waals surface area contributed by atoms with Gasteiger partial charge >= 0.3 is 0 Å². The Labute approximate surface area is 247 Å². The van der Waals surface area contributed by atoms with E-state index in [0.717, 1.165) is 17.1 Å². The van der Waals surface area contributed by atoms with E-state index < -0.39 is 34.3 Å². The molecule has 3 aromatic rings. The van der Waals surface area contributed by atoms with Gasteiger partial charge in [-0.15, -0.1) is 0 Å². The van der Waals surface area contributed by atoms with Crippen molar-refractivity contribution in [2.45, 2.75) is 50.6 Å². The normalized spacial score (nSPS) is 11.8. The van der Waals surface area contributed by atoms with Gasteiger partial charge in [0.1, 0.15) is 18.4 Å². The number of unbranched alkanes of at least 4 members (excludes halogenated alkanes) is 1. The molecule has 0 bridgehead atoms. The quantitative estimate of drug-likeness (QED) is 0.253. The van der Waals surface area contributed by atoms with Crippen LogP contribution in [0.15, 0.2) is 77.7 Å². The zero-order valence-electron chi connectivity index (χ0n) is 24.4. The number of ether oxygens (including phenoxy) is 2. The van der Waals surface area contributed by atoms with Crippen molar-refractivity contribution >= 4 is 27.5 Å². The summed E-state index contributed by atoms with van der Waals surface area (Å²) in [6.07, 6.45) is 1.94. The number of carbonyl (C=O) groups is 2. The number of halogens is 1. The van der Waals surface area contributed by atoms with E-state index >= 15 is 0 Å². The van der Waals surface area contributed by atoms with Gasteiger partial charge in [-0.2, -0.15) is 0 Å². The van der Waals surface area contributed by atoms with Gasteiger partial charge < -0.3 is 19.7 Å². The third-order valence-electron chi connectivity index (χ3n) is 6.75. The molecule has 0 saturated heterocycles. The van der Waals surface area contributed by atoms with Crippen LogP contribution in [0.5, 0.6) is 11.5 Å². The number of methoxy groups -OCH3 is 2. The molecule has 1 atom stereocenters. The molecule has 42 heavy (non-hydrogen) atoms. The Morgan fingerprint density at radius 3 is 2.19 bits per heavy atom. The maximum absolute atomic E-state index is 14.1. The number of nitrogens with zero attached hydrogens (tertiary/aromatic N) is 2. The Balaban J connectivity index is 2.07. The zero-order chi connectivity index (χ0) is 30.7. The van der Waals surface area contributed by atoms with Crippen LogP contribution >= 0.6 is 0 Å². The van der Waals surface area contributed by atoms with Gasteiger partial charge in [-0.25, -0.2) is 12.8 Å². The van der Waals surface area contributed by atoms with Crippen molar-refractivity contribution in [2.75, 3.05) is 31.6 Å². The second kappa shape index (κ2) is 15.2. The highest BCUT2D eigenvalue weighted by molar-refractivity contribution is 7.92. The SMILES string of the molecule is CCCCNC(=O)[C@@H](CC)N(Cc1ccc(F)cc1)C(=O)CN(c1ccc(OC)c(OC)c1)S(=O)(=O)c1ccccc1. The first-order valence-corrected chi connectivity index (χ1v) is 15.2. The third-order valence-corrected chi connectivity index (χ3v) is 8.53. The van der Waals surface area contributed by atoms with Crippen molar-refractivity contribution in [3.63, 3.8) is 0 Å². The van der Waals surface area contributed by atoms with Crippen LogP contribution in [0.1, 0.15) is 38.7 Å². The summed E-state index contributed by atoms with van der Waals surface area (Å²) in [5.41, 5.74) is 0.764. The molecule has 0 saturated carbocycles. The smallest absolute Gasteiger partial charge is 0.264 e. The Morgan fingerprint density at radius 2 is 1.60 bits per heavy atom. The first-order chi connectivity index (χ1) is 20.2. The molecule has 9 nitrogen and oxygen atoms in total. The number of benzene rings is 3. The van der Waals surface area contributed by atoms with Gasteiger partial charge in [-0.3, -0.25) is 13.9 Å². The highest BCUT2D eigenvalue weighted by atomic mass is 32.2. The first-order valence-electron chi connectivity index (χ1n) is 13.8. The van der Waals surface area contributed by atoms with Gasteiger partial charge in [0.05, 0.1) is 24.8 Å². The van der Waals surface area contributed by atoms with Crippen molar-refractivity contribution in [2.24, 2.45) is 0 Å². The summed E-state index contributed by atoms with van der Waals surface area (Å²) in [4.78, 5) is 28.7. The summed E-state index contributed by atoms with van der Waals surface area (Å²) in [5, 5.41) is 2.88. The van der Waals surface area contributed by atoms with Crippen LogP contribution in [-0.2, 0) is 26.2 Å². The Hall–Kier alpha value is -4.12. The van der Waals surface area contributed by atoms with Crippen LogP contribution in [-0.4, -0.2) is 58.5 Å². The fourth-order valence-electron chi connectivity index (χ4n) is 4.44. The summed E-state index contributed by atoms with van der Waals surface area (Å²) in [6.45, 7) is 3.60. The lowest BCUT2D eigenvalue weighted by Crippen LogP contribution is -2.52. The van der Waals surface area contributed by atoms with E-state index in [2.05, 4.69) is 5.32 Å². The molecule has 0 aliphatic carbocycles. The van der Waals surface area contributed by atoms with Crippen molar-refractivity contribution in [1.29, 1.82) is 0 Å². The van der Waals surface area contributed by atoms with E-state index in [0.29, 0.717) is 17.9 Å². The van der Waals surface area contributed by atoms with Crippen LogP contribution in [0.2, 0.25) is 0 Å². The minimum absolute atomic E-state index is 0.0120. The third kappa shape index (κ3) is 8.00. The highest BCUT2D eigenvalue weighted by Gasteiger charge is 2.34. The van der Waals surface area contributed by atoms with Gasteiger partial charge in [0, 0.05) is 19.2 Å². The molecule has 226 valence electrons. The number of amides is 2. The summed E-state index contributed by atoms with van der Waals surface area (Å²) < 4.78 is 53.2. The lowest BCUT2D eigenvalue weighted by Gasteiger charge is -2.33. The van der Waals surface area contributed by atoms with Crippen LogP contribution in [0.4, 0.5) is 10.1 Å². The zero-order valence-corrected chi connectivity index (χ0v) is 25.2. The maximum Gasteiger partial charge on any atom is 0.264 e. The molecule has 0 fully saturated rings. The molecule has 0 radical (unpaired) electrons. The van der Waals surface area contributed by atoms with E-state index in [1.807, 2.05) is 6.92 Å². The largest absolute Gasteiger partial charge is 0.493 e. The summed E-state index contributed by atoms with van der Waals surface area (Å²) >= 11 is 0. The Bertz CT molecular complexity index is 1430. The number of nitrogens with one attached hydrogen (secondary N) is 1. The Morgan fingerprint density at radius 1 is 0.929 bits per heavy atom. The number of rotatable bonds is 15. The van der Waals surface area contributed by atoms with Crippen molar-refractivity contribution in [1.82, 2.24) is 10.2 Å². The second-order valence-electron chi connectivity index (χ2n) is 9.58. The van der Waals surface area contributed by atoms with Gasteiger partial charge in [-0.1, -0.05) is 50.6 Å². The van der Waals surface area contributed by atoms with Gasteiger partial charge in [0.25, 0.3) is 10.0 Å². The predicted octanol–water partition coefficient (Wildman–Crippen LogP) is 4.76. The molecule has 0 heterocycles. The molecular formula is C31H38FN3O6S. The predicted molar refractivity (Wildman–Crippen MR) is 159 cm³/mol. The fourth-order valence-corrected chi connectivity index (χ4v) is 5.87. The minimum atomic E-state index is -4.24. The molecule has 3 rings (SSSR count). The fraction of sp³-hybridized carbons (Fsp3) is 0.355. The van der Waals surface area contributed by atoms with Gasteiger partial charge in [0.2, 0.25) is 11.8 Å². The van der Waals surface area contributed by atoms with Crippen LogP contribution in [0.3, 0.4) is 0 Å². The van der Waals surface area contributed by atoms with Crippen LogP contribution < -0.4 is 19.1 Å². The van der Waals surface area contributed by atoms with E-state index in [1.165, 1.54) is 67.7 Å². The van der Waals surface area contributed by atoms with Crippen molar-refractivity contribution in [3.8, 4) is 11.5 Å². The molecular weight excluding hydrogens is 561 g/mol. The average molecular weight is 600 g/mol. The molecule has 2 amide bonds. The van der Waals surface area contributed by atoms with E-state index in [9.17, 15) is 22.4 Å². The Kier molecular flexibility index (Phi) is 11.7. The van der Waals surface area contributed by atoms with E-state index in [4.69, 9.17) is 9.47 Å². The number of hydrogen-bond donors (Lipinski definition) is 1. The number of anilines is 1. The van der Waals surface area contributed by atoms with Crippen LogP contribution in [0, 0.1) is 5.82 Å². The van der Waals surface area contributed by atoms with E-state index in [1.54, 1.807) is 31.2 Å². The standard InChI is InChI=1S/C31H38FN3O6S/c1-5-7-19-33-31(37)27(6-2)34(21-23-13-15-24(32)16-14-23)30(36)22-35(42(38,39)26-11-9-8-10-12-26)25-17-18-28(40-3)29(20-25)41-4/h8-18,20,27H,5-7,19,21-22H2,1-4H3,(H,33,37)/t27-/m1/s1. The van der Waals surface area contributed by atoms with Crippen LogP contribution in [0.25, 0.3) is 0 Å².